The Kier molecular flexibility index (Phi) is 4.24. The molecule has 0 saturated carbocycles. The van der Waals surface area contributed by atoms with Crippen LogP contribution in [-0.2, 0) is 6.54 Å². The Morgan fingerprint density at radius 1 is 1.40 bits per heavy atom. The summed E-state index contributed by atoms with van der Waals surface area (Å²) in [7, 11) is 0. The number of nitrogens with one attached hydrogen (secondary N) is 2. The molecular weight excluding hydrogens is 256 g/mol. The first-order chi connectivity index (χ1) is 9.60. The number of anilines is 2. The minimum absolute atomic E-state index is 0.133. The van der Waals surface area contributed by atoms with Crippen LogP contribution in [0.1, 0.15) is 28.7 Å². The molecule has 0 fully saturated rings. The van der Waals surface area contributed by atoms with E-state index in [9.17, 15) is 4.79 Å². The van der Waals surface area contributed by atoms with Gasteiger partial charge >= 0.3 is 0 Å². The van der Waals surface area contributed by atoms with E-state index in [1.54, 1.807) is 18.2 Å². The summed E-state index contributed by atoms with van der Waals surface area (Å²) in [6, 6.07) is 6.98. The number of aromatic nitrogens is 1. The monoisotopic (exact) mass is 274 g/mol. The Morgan fingerprint density at radius 3 is 2.85 bits per heavy atom. The van der Waals surface area contributed by atoms with Gasteiger partial charge in [0.25, 0.3) is 5.91 Å². The molecule has 1 heterocycles. The molecule has 20 heavy (non-hydrogen) atoms. The Morgan fingerprint density at radius 2 is 2.20 bits per heavy atom. The number of amides is 1. The number of hydrogen-bond donors (Lipinski definition) is 3. The van der Waals surface area contributed by atoms with E-state index in [2.05, 4.69) is 15.8 Å². The maximum absolute atomic E-state index is 12.0. The van der Waals surface area contributed by atoms with Gasteiger partial charge in [-0.3, -0.25) is 4.79 Å². The molecule has 0 unspecified atom stereocenters. The van der Waals surface area contributed by atoms with Gasteiger partial charge in [0.2, 0.25) is 0 Å². The molecule has 0 aliphatic carbocycles. The highest BCUT2D eigenvalue weighted by molar-refractivity contribution is 6.00. The maximum Gasteiger partial charge on any atom is 0.253 e. The molecule has 0 bridgehead atoms. The fourth-order valence-corrected chi connectivity index (χ4v) is 1.85. The molecule has 106 valence electrons. The number of nitrogens with zero attached hydrogens (tertiary/aromatic N) is 1. The molecule has 2 rings (SSSR count). The van der Waals surface area contributed by atoms with E-state index in [0.717, 1.165) is 11.5 Å². The van der Waals surface area contributed by atoms with Crippen LogP contribution in [0.4, 0.5) is 11.4 Å². The van der Waals surface area contributed by atoms with Crippen molar-refractivity contribution in [1.82, 2.24) is 10.5 Å². The molecule has 4 N–H and O–H groups in total. The number of benzene rings is 1. The third kappa shape index (κ3) is 3.28. The van der Waals surface area contributed by atoms with Crippen molar-refractivity contribution in [2.75, 3.05) is 17.6 Å². The maximum atomic E-state index is 12.0. The largest absolute Gasteiger partial charge is 0.399 e. The molecule has 0 aliphatic heterocycles. The van der Waals surface area contributed by atoms with Gasteiger partial charge in [0.05, 0.1) is 12.1 Å². The number of nitrogen functional groups attached to an aromatic ring is 1. The molecule has 0 aliphatic rings. The van der Waals surface area contributed by atoms with Gasteiger partial charge < -0.3 is 20.9 Å². The standard InChI is InChI=1S/C14H18N4O2/c1-3-16-14(19)12-5-4-10(15)7-13(12)17-8-11-6-9(2)20-18-11/h4-7,17H,3,8,15H2,1-2H3,(H,16,19). The van der Waals surface area contributed by atoms with E-state index in [-0.39, 0.29) is 5.91 Å². The molecule has 1 aromatic carbocycles. The molecule has 0 atom stereocenters. The zero-order valence-electron chi connectivity index (χ0n) is 11.6. The minimum atomic E-state index is -0.133. The molecule has 2 aromatic rings. The van der Waals surface area contributed by atoms with E-state index < -0.39 is 0 Å². The second-order valence-electron chi connectivity index (χ2n) is 4.45. The van der Waals surface area contributed by atoms with Crippen LogP contribution in [0.3, 0.4) is 0 Å². The summed E-state index contributed by atoms with van der Waals surface area (Å²) < 4.78 is 5.00. The number of rotatable bonds is 5. The Labute approximate surface area is 117 Å². The van der Waals surface area contributed by atoms with Gasteiger partial charge in [-0.1, -0.05) is 5.16 Å². The van der Waals surface area contributed by atoms with Gasteiger partial charge in [-0.15, -0.1) is 0 Å². The summed E-state index contributed by atoms with van der Waals surface area (Å²) in [6.45, 7) is 4.75. The van der Waals surface area contributed by atoms with E-state index >= 15 is 0 Å². The van der Waals surface area contributed by atoms with Crippen LogP contribution in [0.15, 0.2) is 28.8 Å². The Balaban J connectivity index is 2.16. The zero-order valence-corrected chi connectivity index (χ0v) is 11.6. The molecule has 0 saturated heterocycles. The summed E-state index contributed by atoms with van der Waals surface area (Å²) in [6.07, 6.45) is 0. The predicted octanol–water partition coefficient (Wildman–Crippen LogP) is 1.93. The molecule has 6 heteroatoms. The van der Waals surface area contributed by atoms with Crippen LogP contribution in [0, 0.1) is 6.92 Å². The molecule has 1 aromatic heterocycles. The lowest BCUT2D eigenvalue weighted by Gasteiger charge is -2.11. The smallest absolute Gasteiger partial charge is 0.253 e. The highest BCUT2D eigenvalue weighted by atomic mass is 16.5. The first-order valence-electron chi connectivity index (χ1n) is 6.44. The number of carbonyl (C=O) groups excluding carboxylic acids is 1. The van der Waals surface area contributed by atoms with Crippen molar-refractivity contribution in [2.24, 2.45) is 0 Å². The summed E-state index contributed by atoms with van der Waals surface area (Å²) in [4.78, 5) is 12.0. The predicted molar refractivity (Wildman–Crippen MR) is 77.4 cm³/mol. The third-order valence-electron chi connectivity index (χ3n) is 2.76. The lowest BCUT2D eigenvalue weighted by Crippen LogP contribution is -2.24. The average Bonchev–Trinajstić information content (AvgIpc) is 2.82. The van der Waals surface area contributed by atoms with Crippen LogP contribution < -0.4 is 16.4 Å². The van der Waals surface area contributed by atoms with Crippen molar-refractivity contribution in [2.45, 2.75) is 20.4 Å². The molecule has 0 radical (unpaired) electrons. The van der Waals surface area contributed by atoms with E-state index in [0.29, 0.717) is 30.0 Å². The average molecular weight is 274 g/mol. The topological polar surface area (TPSA) is 93.2 Å². The van der Waals surface area contributed by atoms with Gasteiger partial charge in [0.15, 0.2) is 0 Å². The van der Waals surface area contributed by atoms with Gasteiger partial charge in [0, 0.05) is 24.0 Å². The lowest BCUT2D eigenvalue weighted by molar-refractivity contribution is 0.0956. The molecule has 6 nitrogen and oxygen atoms in total. The van der Waals surface area contributed by atoms with E-state index in [4.69, 9.17) is 10.3 Å². The fraction of sp³-hybridized carbons (Fsp3) is 0.286. The van der Waals surface area contributed by atoms with Gasteiger partial charge in [-0.25, -0.2) is 0 Å². The van der Waals surface area contributed by atoms with Crippen molar-refractivity contribution in [3.05, 3.63) is 41.3 Å². The van der Waals surface area contributed by atoms with Crippen molar-refractivity contribution in [3.63, 3.8) is 0 Å². The highest BCUT2D eigenvalue weighted by Crippen LogP contribution is 2.20. The SMILES string of the molecule is CCNC(=O)c1ccc(N)cc1NCc1cc(C)on1. The number of carbonyl (C=O) groups is 1. The normalized spacial score (nSPS) is 10.3. The second-order valence-corrected chi connectivity index (χ2v) is 4.45. The number of hydrogen-bond acceptors (Lipinski definition) is 5. The summed E-state index contributed by atoms with van der Waals surface area (Å²) in [5.41, 5.74) is 8.37. The van der Waals surface area contributed by atoms with E-state index in [1.165, 1.54) is 0 Å². The zero-order chi connectivity index (χ0) is 14.5. The van der Waals surface area contributed by atoms with Gasteiger partial charge in [-0.05, 0) is 32.0 Å². The van der Waals surface area contributed by atoms with Gasteiger partial charge in [0.1, 0.15) is 11.5 Å². The summed E-state index contributed by atoms with van der Waals surface area (Å²) in [5, 5.41) is 9.82. The van der Waals surface area contributed by atoms with Crippen LogP contribution >= 0.6 is 0 Å². The molecular formula is C14H18N4O2. The van der Waals surface area contributed by atoms with Crippen molar-refractivity contribution in [3.8, 4) is 0 Å². The number of aryl methyl sites for hydroxylation is 1. The van der Waals surface area contributed by atoms with Crippen LogP contribution in [0.5, 0.6) is 0 Å². The third-order valence-corrected chi connectivity index (χ3v) is 2.76. The summed E-state index contributed by atoms with van der Waals surface area (Å²) >= 11 is 0. The Hall–Kier alpha value is -2.50. The van der Waals surface area contributed by atoms with Crippen molar-refractivity contribution < 1.29 is 9.32 Å². The lowest BCUT2D eigenvalue weighted by atomic mass is 10.1. The molecule has 1 amide bonds. The Bertz CT molecular complexity index is 607. The fourth-order valence-electron chi connectivity index (χ4n) is 1.85. The first-order valence-corrected chi connectivity index (χ1v) is 6.44. The summed E-state index contributed by atoms with van der Waals surface area (Å²) in [5.74, 6) is 0.615. The van der Waals surface area contributed by atoms with Crippen molar-refractivity contribution >= 4 is 17.3 Å². The van der Waals surface area contributed by atoms with E-state index in [1.807, 2.05) is 19.9 Å². The number of nitrogens with two attached hydrogens (primary N) is 1. The van der Waals surface area contributed by atoms with Gasteiger partial charge in [-0.2, -0.15) is 0 Å². The molecule has 0 spiro atoms. The van der Waals surface area contributed by atoms with Crippen molar-refractivity contribution in [1.29, 1.82) is 0 Å². The van der Waals surface area contributed by atoms with Crippen LogP contribution in [0.25, 0.3) is 0 Å². The highest BCUT2D eigenvalue weighted by Gasteiger charge is 2.11. The quantitative estimate of drug-likeness (QED) is 0.724. The minimum Gasteiger partial charge on any atom is -0.399 e. The first kappa shape index (κ1) is 13.9. The second kappa shape index (κ2) is 6.10. The van der Waals surface area contributed by atoms with Crippen LogP contribution in [0.2, 0.25) is 0 Å². The van der Waals surface area contributed by atoms with Crippen LogP contribution in [-0.4, -0.2) is 17.6 Å².